The number of carbonyl (C=O) groups is 1. The van der Waals surface area contributed by atoms with Gasteiger partial charge >= 0.3 is 5.97 Å². The number of hydrogen-bond acceptors (Lipinski definition) is 5. The maximum atomic E-state index is 11.7. The summed E-state index contributed by atoms with van der Waals surface area (Å²) in [7, 11) is 1.50. The second-order valence-electron chi connectivity index (χ2n) is 4.19. The van der Waals surface area contributed by atoms with Crippen LogP contribution < -0.4 is 9.47 Å². The van der Waals surface area contributed by atoms with Crippen molar-refractivity contribution < 1.29 is 19.0 Å². The predicted molar refractivity (Wildman–Crippen MR) is 91.1 cm³/mol. The van der Waals surface area contributed by atoms with Gasteiger partial charge < -0.3 is 14.2 Å². The first kappa shape index (κ1) is 18.5. The lowest BCUT2D eigenvalue weighted by Crippen LogP contribution is -2.06. The van der Waals surface area contributed by atoms with Gasteiger partial charge in [0.05, 0.1) is 11.6 Å². The van der Waals surface area contributed by atoms with Crippen molar-refractivity contribution in [3.05, 3.63) is 53.1 Å². The molecule has 0 aliphatic rings. The molecule has 0 radical (unpaired) electrons. The highest BCUT2D eigenvalue weighted by atomic mass is 79.9. The van der Waals surface area contributed by atoms with Crippen LogP contribution in [-0.2, 0) is 9.53 Å². The molecule has 0 fully saturated rings. The van der Waals surface area contributed by atoms with Gasteiger partial charge in [-0.1, -0.05) is 25.3 Å². The van der Waals surface area contributed by atoms with Crippen LogP contribution in [0.15, 0.2) is 47.5 Å². The number of hydrogen-bond donors (Lipinski definition) is 0. The molecule has 0 atom stereocenters. The second-order valence-corrected chi connectivity index (χ2v) is 5.05. The van der Waals surface area contributed by atoms with E-state index in [4.69, 9.17) is 19.5 Å². The number of methoxy groups -OCH3 is 1. The quantitative estimate of drug-likeness (QED) is 0.299. The van der Waals surface area contributed by atoms with Crippen LogP contribution in [0.3, 0.4) is 0 Å². The molecule has 0 spiro atoms. The van der Waals surface area contributed by atoms with Crippen molar-refractivity contribution in [3.8, 4) is 17.6 Å². The van der Waals surface area contributed by atoms with Gasteiger partial charge in [-0.15, -0.1) is 0 Å². The van der Waals surface area contributed by atoms with Crippen LogP contribution in [0.5, 0.6) is 11.5 Å². The molecule has 0 amide bonds. The molecule has 0 bridgehead atoms. The molecule has 5 nitrogen and oxygen atoms in total. The normalized spacial score (nSPS) is 10.4. The first-order valence-electron chi connectivity index (χ1n) is 6.58. The highest BCUT2D eigenvalue weighted by Gasteiger charge is 2.14. The van der Waals surface area contributed by atoms with Crippen LogP contribution in [-0.4, -0.2) is 26.3 Å². The van der Waals surface area contributed by atoms with Crippen molar-refractivity contribution in [2.45, 2.75) is 0 Å². The van der Waals surface area contributed by atoms with Crippen molar-refractivity contribution in [2.75, 3.05) is 20.3 Å². The zero-order valence-electron chi connectivity index (χ0n) is 12.7. The molecule has 0 heterocycles. The fourth-order valence-electron chi connectivity index (χ4n) is 1.62. The molecule has 23 heavy (non-hydrogen) atoms. The number of halogens is 1. The average Bonchev–Trinajstić information content (AvgIpc) is 2.55. The SMILES string of the molecule is C=CCOC(=O)/C(C#N)=C/c1cc(Br)c(OCC=C)c(OC)c1. The molecule has 0 unspecified atom stereocenters. The summed E-state index contributed by atoms with van der Waals surface area (Å²) in [4.78, 5) is 11.7. The Labute approximate surface area is 143 Å². The highest BCUT2D eigenvalue weighted by Crippen LogP contribution is 2.37. The first-order valence-corrected chi connectivity index (χ1v) is 7.37. The van der Waals surface area contributed by atoms with Gasteiger partial charge in [-0.25, -0.2) is 4.79 Å². The van der Waals surface area contributed by atoms with Crippen molar-refractivity contribution in [2.24, 2.45) is 0 Å². The minimum atomic E-state index is -0.713. The van der Waals surface area contributed by atoms with E-state index in [1.54, 1.807) is 18.2 Å². The topological polar surface area (TPSA) is 68.6 Å². The number of esters is 1. The Kier molecular flexibility index (Phi) is 7.64. The Hall–Kier alpha value is -2.52. The molecule has 120 valence electrons. The molecule has 0 saturated carbocycles. The number of carbonyl (C=O) groups excluding carboxylic acids is 1. The Morgan fingerprint density at radius 3 is 2.61 bits per heavy atom. The maximum Gasteiger partial charge on any atom is 0.349 e. The van der Waals surface area contributed by atoms with Gasteiger partial charge in [-0.3, -0.25) is 0 Å². The third-order valence-corrected chi connectivity index (χ3v) is 3.17. The standard InChI is InChI=1S/C17H16BrNO4/c1-4-6-22-16-14(18)9-12(10-15(16)21-3)8-13(11-19)17(20)23-7-5-2/h4-5,8-10H,1-2,6-7H2,3H3/b13-8+. The minimum Gasteiger partial charge on any atom is -0.493 e. The first-order chi connectivity index (χ1) is 11.1. The zero-order chi connectivity index (χ0) is 17.2. The van der Waals surface area contributed by atoms with Gasteiger partial charge in [-0.05, 0) is 39.7 Å². The second kappa shape index (κ2) is 9.49. The lowest BCUT2D eigenvalue weighted by molar-refractivity contribution is -0.137. The summed E-state index contributed by atoms with van der Waals surface area (Å²) in [5.41, 5.74) is 0.465. The smallest absolute Gasteiger partial charge is 0.349 e. The van der Waals surface area contributed by atoms with E-state index in [0.717, 1.165) is 0 Å². The van der Waals surface area contributed by atoms with Crippen LogP contribution in [0.25, 0.3) is 6.08 Å². The van der Waals surface area contributed by atoms with E-state index >= 15 is 0 Å². The van der Waals surface area contributed by atoms with E-state index in [9.17, 15) is 4.79 Å². The van der Waals surface area contributed by atoms with E-state index in [0.29, 0.717) is 28.1 Å². The lowest BCUT2D eigenvalue weighted by atomic mass is 10.1. The molecule has 1 rings (SSSR count). The fourth-order valence-corrected chi connectivity index (χ4v) is 2.20. The van der Waals surface area contributed by atoms with Gasteiger partial charge in [0.1, 0.15) is 24.9 Å². The van der Waals surface area contributed by atoms with E-state index in [-0.39, 0.29) is 12.2 Å². The fraction of sp³-hybridized carbons (Fsp3) is 0.176. The Bertz CT molecular complexity index is 674. The summed E-state index contributed by atoms with van der Waals surface area (Å²) in [5.74, 6) is 0.260. The van der Waals surface area contributed by atoms with Gasteiger partial charge in [0, 0.05) is 0 Å². The molecule has 0 aliphatic carbocycles. The zero-order valence-corrected chi connectivity index (χ0v) is 14.3. The molecule has 0 saturated heterocycles. The molecule has 1 aromatic carbocycles. The molecule has 0 N–H and O–H groups in total. The van der Waals surface area contributed by atoms with Gasteiger partial charge in [0.15, 0.2) is 11.5 Å². The third kappa shape index (κ3) is 5.31. The lowest BCUT2D eigenvalue weighted by Gasteiger charge is -2.12. The van der Waals surface area contributed by atoms with Gasteiger partial charge in [-0.2, -0.15) is 5.26 Å². The number of nitriles is 1. The summed E-state index contributed by atoms with van der Waals surface area (Å²) in [6, 6.07) is 5.18. The van der Waals surface area contributed by atoms with Crippen LogP contribution in [0.1, 0.15) is 5.56 Å². The number of rotatable bonds is 8. The summed E-state index contributed by atoms with van der Waals surface area (Å²) in [6.07, 6.45) is 4.46. The van der Waals surface area contributed by atoms with Crippen LogP contribution in [0.4, 0.5) is 0 Å². The summed E-state index contributed by atoms with van der Waals surface area (Å²) in [6.45, 7) is 7.40. The summed E-state index contributed by atoms with van der Waals surface area (Å²) in [5, 5.41) is 9.10. The Morgan fingerprint density at radius 2 is 2.04 bits per heavy atom. The number of ether oxygens (including phenoxy) is 3. The van der Waals surface area contributed by atoms with E-state index in [1.165, 1.54) is 19.3 Å². The number of benzene rings is 1. The monoisotopic (exact) mass is 377 g/mol. The molecule has 0 aromatic heterocycles. The Morgan fingerprint density at radius 1 is 1.35 bits per heavy atom. The van der Waals surface area contributed by atoms with Crippen molar-refractivity contribution >= 4 is 28.0 Å². The maximum absolute atomic E-state index is 11.7. The average molecular weight is 378 g/mol. The molecule has 6 heteroatoms. The van der Waals surface area contributed by atoms with E-state index in [1.807, 2.05) is 6.07 Å². The van der Waals surface area contributed by atoms with Crippen LogP contribution in [0, 0.1) is 11.3 Å². The van der Waals surface area contributed by atoms with Gasteiger partial charge in [0.2, 0.25) is 0 Å². The minimum absolute atomic E-state index is 0.0409. The van der Waals surface area contributed by atoms with E-state index < -0.39 is 5.97 Å². The van der Waals surface area contributed by atoms with Crippen molar-refractivity contribution in [1.82, 2.24) is 0 Å². The van der Waals surface area contributed by atoms with Crippen LogP contribution >= 0.6 is 15.9 Å². The molecule has 1 aromatic rings. The summed E-state index contributed by atoms with van der Waals surface area (Å²) < 4.78 is 16.3. The summed E-state index contributed by atoms with van der Waals surface area (Å²) >= 11 is 3.38. The van der Waals surface area contributed by atoms with Gasteiger partial charge in [0.25, 0.3) is 0 Å². The Balaban J connectivity index is 3.17. The molecular formula is C17H16BrNO4. The largest absolute Gasteiger partial charge is 0.493 e. The van der Waals surface area contributed by atoms with Crippen LogP contribution in [0.2, 0.25) is 0 Å². The number of nitrogens with zero attached hydrogens (tertiary/aromatic N) is 1. The molecule has 0 aliphatic heterocycles. The predicted octanol–water partition coefficient (Wildman–Crippen LogP) is 3.66. The van der Waals surface area contributed by atoms with Crippen molar-refractivity contribution in [1.29, 1.82) is 5.26 Å². The highest BCUT2D eigenvalue weighted by molar-refractivity contribution is 9.10. The third-order valence-electron chi connectivity index (χ3n) is 2.58. The van der Waals surface area contributed by atoms with E-state index in [2.05, 4.69) is 29.1 Å². The van der Waals surface area contributed by atoms with Crippen molar-refractivity contribution in [3.63, 3.8) is 0 Å². The molecular weight excluding hydrogens is 362 g/mol.